The van der Waals surface area contributed by atoms with Crippen molar-refractivity contribution in [3.05, 3.63) is 39.9 Å². The molecule has 0 saturated carbocycles. The molecule has 0 spiro atoms. The lowest BCUT2D eigenvalue weighted by Crippen LogP contribution is -2.34. The molecule has 2 atom stereocenters. The van der Waals surface area contributed by atoms with E-state index in [-0.39, 0.29) is 17.3 Å². The summed E-state index contributed by atoms with van der Waals surface area (Å²) in [6, 6.07) is 5.60. The predicted octanol–water partition coefficient (Wildman–Crippen LogP) is 1.49. The van der Waals surface area contributed by atoms with Crippen LogP contribution in [0.25, 0.3) is 0 Å². The lowest BCUT2D eigenvalue weighted by molar-refractivity contribution is -0.384. The summed E-state index contributed by atoms with van der Waals surface area (Å²) in [7, 11) is 0. The maximum absolute atomic E-state index is 11.7. The van der Waals surface area contributed by atoms with Gasteiger partial charge < -0.3 is 4.84 Å². The molecule has 0 unspecified atom stereocenters. The summed E-state index contributed by atoms with van der Waals surface area (Å²) in [5.41, 5.74) is 0.794. The maximum Gasteiger partial charge on any atom is 0.269 e. The largest absolute Gasteiger partial charge is 0.383 e. The topological polar surface area (TPSA) is 98.9 Å². The van der Waals surface area contributed by atoms with Crippen LogP contribution in [-0.2, 0) is 14.4 Å². The van der Waals surface area contributed by atoms with E-state index in [0.29, 0.717) is 11.3 Å². The third kappa shape index (κ3) is 2.42. The second-order valence-electron chi connectivity index (χ2n) is 4.51. The van der Waals surface area contributed by atoms with Crippen molar-refractivity contribution in [3.63, 3.8) is 0 Å². The average molecular weight is 276 g/mol. The summed E-state index contributed by atoms with van der Waals surface area (Å²) >= 11 is 0. The van der Waals surface area contributed by atoms with Gasteiger partial charge in [0.1, 0.15) is 17.4 Å². The summed E-state index contributed by atoms with van der Waals surface area (Å²) in [5.74, 6) is -1.29. The molecule has 1 aromatic carbocycles. The number of nitro groups is 1. The Morgan fingerprint density at radius 1 is 1.20 bits per heavy atom. The Labute approximate surface area is 114 Å². The van der Waals surface area contributed by atoms with E-state index in [2.05, 4.69) is 5.16 Å². The molecule has 0 fully saturated rings. The van der Waals surface area contributed by atoms with Crippen molar-refractivity contribution in [1.82, 2.24) is 0 Å². The SMILES string of the molecule is CC(=O)[C@H]1C(c2ccc([N+](=O)[O-])cc2)=NO[C@@H]1C(C)=O. The van der Waals surface area contributed by atoms with Crippen LogP contribution in [-0.4, -0.2) is 28.3 Å². The van der Waals surface area contributed by atoms with Gasteiger partial charge in [0.15, 0.2) is 11.9 Å². The Bertz CT molecular complexity index is 606. The highest BCUT2D eigenvalue weighted by Gasteiger charge is 2.41. The number of oxime groups is 1. The number of Topliss-reactive ketones (excluding diaryl/α,β-unsaturated/α-hetero) is 2. The number of hydrogen-bond acceptors (Lipinski definition) is 6. The first-order chi connectivity index (χ1) is 9.41. The lowest BCUT2D eigenvalue weighted by atomic mass is 9.88. The Kier molecular flexibility index (Phi) is 3.60. The number of carbonyl (C=O) groups is 2. The molecule has 7 nitrogen and oxygen atoms in total. The molecule has 0 radical (unpaired) electrons. The first kappa shape index (κ1) is 13.9. The van der Waals surface area contributed by atoms with Gasteiger partial charge in [-0.05, 0) is 26.0 Å². The number of nitro benzene ring substituents is 1. The lowest BCUT2D eigenvalue weighted by Gasteiger charge is -2.13. The first-order valence-electron chi connectivity index (χ1n) is 5.91. The van der Waals surface area contributed by atoms with E-state index in [1.165, 1.54) is 38.1 Å². The van der Waals surface area contributed by atoms with E-state index in [1.807, 2.05) is 0 Å². The number of rotatable bonds is 4. The molecule has 1 aromatic rings. The van der Waals surface area contributed by atoms with E-state index in [4.69, 9.17) is 4.84 Å². The number of hydrogen-bond donors (Lipinski definition) is 0. The third-order valence-electron chi connectivity index (χ3n) is 3.07. The molecule has 7 heteroatoms. The molecule has 0 saturated heterocycles. The monoisotopic (exact) mass is 276 g/mol. The Balaban J connectivity index is 2.34. The van der Waals surface area contributed by atoms with Crippen LogP contribution in [0.5, 0.6) is 0 Å². The van der Waals surface area contributed by atoms with Crippen LogP contribution in [0.4, 0.5) is 5.69 Å². The van der Waals surface area contributed by atoms with Gasteiger partial charge in [0, 0.05) is 17.7 Å². The quantitative estimate of drug-likeness (QED) is 0.612. The van der Waals surface area contributed by atoms with Gasteiger partial charge in [-0.1, -0.05) is 5.16 Å². The molecule has 104 valence electrons. The maximum atomic E-state index is 11.7. The highest BCUT2D eigenvalue weighted by molar-refractivity contribution is 6.16. The second kappa shape index (κ2) is 5.20. The van der Waals surface area contributed by atoms with Crippen molar-refractivity contribution in [1.29, 1.82) is 0 Å². The van der Waals surface area contributed by atoms with Crippen molar-refractivity contribution in [2.45, 2.75) is 20.0 Å². The molecular formula is C13H12N2O5. The van der Waals surface area contributed by atoms with Crippen molar-refractivity contribution in [3.8, 4) is 0 Å². The van der Waals surface area contributed by atoms with Crippen molar-refractivity contribution < 1.29 is 19.3 Å². The molecule has 1 aliphatic rings. The number of carbonyl (C=O) groups excluding carboxylic acids is 2. The molecule has 0 bridgehead atoms. The minimum atomic E-state index is -0.919. The highest BCUT2D eigenvalue weighted by Crippen LogP contribution is 2.26. The number of ketones is 2. The molecule has 1 heterocycles. The van der Waals surface area contributed by atoms with E-state index >= 15 is 0 Å². The fraction of sp³-hybridized carbons (Fsp3) is 0.308. The molecule has 1 aliphatic heterocycles. The molecule has 2 rings (SSSR count). The Morgan fingerprint density at radius 3 is 2.25 bits per heavy atom. The van der Waals surface area contributed by atoms with Gasteiger partial charge in [-0.15, -0.1) is 0 Å². The van der Waals surface area contributed by atoms with E-state index < -0.39 is 16.9 Å². The normalized spacial score (nSPS) is 21.0. The minimum Gasteiger partial charge on any atom is -0.383 e. The van der Waals surface area contributed by atoms with Gasteiger partial charge in [0.25, 0.3) is 5.69 Å². The van der Waals surface area contributed by atoms with Crippen molar-refractivity contribution >= 4 is 23.0 Å². The highest BCUT2D eigenvalue weighted by atomic mass is 16.6. The first-order valence-corrected chi connectivity index (χ1v) is 5.91. The van der Waals surface area contributed by atoms with Crippen molar-refractivity contribution in [2.24, 2.45) is 11.1 Å². The summed E-state index contributed by atoms with van der Waals surface area (Å²) in [6.07, 6.45) is -0.919. The van der Waals surface area contributed by atoms with Gasteiger partial charge in [0.2, 0.25) is 0 Å². The molecule has 0 aliphatic carbocycles. The predicted molar refractivity (Wildman–Crippen MR) is 69.4 cm³/mol. The summed E-state index contributed by atoms with van der Waals surface area (Å²) in [6.45, 7) is 2.69. The minimum absolute atomic E-state index is 0.0595. The van der Waals surface area contributed by atoms with Gasteiger partial charge >= 0.3 is 0 Å². The fourth-order valence-electron chi connectivity index (χ4n) is 2.08. The van der Waals surface area contributed by atoms with Crippen LogP contribution in [0.1, 0.15) is 19.4 Å². The smallest absolute Gasteiger partial charge is 0.269 e. The van der Waals surface area contributed by atoms with Crippen molar-refractivity contribution in [2.75, 3.05) is 0 Å². The van der Waals surface area contributed by atoms with Gasteiger partial charge in [-0.3, -0.25) is 19.7 Å². The van der Waals surface area contributed by atoms with Crippen LogP contribution in [0, 0.1) is 16.0 Å². The van der Waals surface area contributed by atoms with Gasteiger partial charge in [-0.25, -0.2) is 0 Å². The average Bonchev–Trinajstić information content (AvgIpc) is 2.83. The van der Waals surface area contributed by atoms with E-state index in [1.54, 1.807) is 0 Å². The summed E-state index contributed by atoms with van der Waals surface area (Å²) in [5, 5.41) is 14.4. The number of non-ortho nitro benzene ring substituents is 1. The Hall–Kier alpha value is -2.57. The van der Waals surface area contributed by atoms with Gasteiger partial charge in [0.05, 0.1) is 4.92 Å². The van der Waals surface area contributed by atoms with Gasteiger partial charge in [-0.2, -0.15) is 0 Å². The van der Waals surface area contributed by atoms with Crippen LogP contribution in [0.15, 0.2) is 29.4 Å². The third-order valence-corrected chi connectivity index (χ3v) is 3.07. The molecule has 0 aromatic heterocycles. The second-order valence-corrected chi connectivity index (χ2v) is 4.51. The van der Waals surface area contributed by atoms with Crippen LogP contribution in [0.2, 0.25) is 0 Å². The fourth-order valence-corrected chi connectivity index (χ4v) is 2.08. The summed E-state index contributed by atoms with van der Waals surface area (Å²) in [4.78, 5) is 38.2. The van der Waals surface area contributed by atoms with Crippen LogP contribution in [0.3, 0.4) is 0 Å². The van der Waals surface area contributed by atoms with E-state index in [9.17, 15) is 19.7 Å². The molecule has 20 heavy (non-hydrogen) atoms. The Morgan fingerprint density at radius 2 is 1.80 bits per heavy atom. The zero-order chi connectivity index (χ0) is 14.9. The number of benzene rings is 1. The zero-order valence-corrected chi connectivity index (χ0v) is 10.9. The number of nitrogens with zero attached hydrogens (tertiary/aromatic N) is 2. The standard InChI is InChI=1S/C13H12N2O5/c1-7(16)11-12(14-20-13(11)8(2)17)9-3-5-10(6-4-9)15(18)19/h3-6,11,13H,1-2H3/t11-,13+/m0/s1. The van der Waals surface area contributed by atoms with Crippen LogP contribution < -0.4 is 0 Å². The molecular weight excluding hydrogens is 264 g/mol. The molecule has 0 N–H and O–H groups in total. The summed E-state index contributed by atoms with van der Waals surface area (Å²) < 4.78 is 0. The van der Waals surface area contributed by atoms with E-state index in [0.717, 1.165) is 0 Å². The van der Waals surface area contributed by atoms with Crippen LogP contribution >= 0.6 is 0 Å². The molecule has 0 amide bonds. The zero-order valence-electron chi connectivity index (χ0n) is 10.9.